The molecule has 0 saturated heterocycles. The molecule has 0 fully saturated rings. The van der Waals surface area contributed by atoms with Crippen molar-refractivity contribution in [1.29, 1.82) is 0 Å². The van der Waals surface area contributed by atoms with Crippen molar-refractivity contribution in [3.05, 3.63) is 64.5 Å². The van der Waals surface area contributed by atoms with Crippen molar-refractivity contribution >= 4 is 17.6 Å². The second-order valence-electron chi connectivity index (χ2n) is 7.55. The van der Waals surface area contributed by atoms with Gasteiger partial charge in [0.1, 0.15) is 5.82 Å². The molecule has 0 spiro atoms. The van der Waals surface area contributed by atoms with E-state index in [1.807, 2.05) is 12.1 Å². The van der Waals surface area contributed by atoms with Crippen molar-refractivity contribution in [2.24, 2.45) is 0 Å². The van der Waals surface area contributed by atoms with Crippen LogP contribution in [-0.4, -0.2) is 35.2 Å². The van der Waals surface area contributed by atoms with E-state index in [2.05, 4.69) is 36.6 Å². The van der Waals surface area contributed by atoms with Gasteiger partial charge in [0.2, 0.25) is 0 Å². The van der Waals surface area contributed by atoms with Gasteiger partial charge in [-0.1, -0.05) is 31.2 Å². The molecule has 168 valence electrons. The Morgan fingerprint density at radius 2 is 1.65 bits per heavy atom. The zero-order chi connectivity index (χ0) is 22.8. The quantitative estimate of drug-likeness (QED) is 0.526. The summed E-state index contributed by atoms with van der Waals surface area (Å²) in [6.45, 7) is 6.41. The number of nitrogens with one attached hydrogen (secondary N) is 2. The minimum atomic E-state index is -1.08. The molecule has 2 aromatic carbocycles. The fourth-order valence-electron chi connectivity index (χ4n) is 3.56. The van der Waals surface area contributed by atoms with Crippen molar-refractivity contribution in [3.8, 4) is 0 Å². The number of aryl methyl sites for hydroxylation is 1. The van der Waals surface area contributed by atoms with Gasteiger partial charge in [0.05, 0.1) is 12.8 Å². The summed E-state index contributed by atoms with van der Waals surface area (Å²) in [4.78, 5) is 19.3. The van der Waals surface area contributed by atoms with Crippen LogP contribution in [0.3, 0.4) is 0 Å². The van der Waals surface area contributed by atoms with E-state index in [9.17, 15) is 14.0 Å². The Labute approximate surface area is 182 Å². The first kappa shape index (κ1) is 24.3. The summed E-state index contributed by atoms with van der Waals surface area (Å²) in [6, 6.07) is 11.5. The van der Waals surface area contributed by atoms with Crippen LogP contribution in [0.4, 0.5) is 10.1 Å². The van der Waals surface area contributed by atoms with Crippen molar-refractivity contribution in [3.63, 3.8) is 0 Å². The number of hydrogen-bond donors (Lipinski definition) is 4. The molecule has 0 radical (unpaired) electrons. The summed E-state index contributed by atoms with van der Waals surface area (Å²) in [7, 11) is 0. The van der Waals surface area contributed by atoms with Crippen LogP contribution in [0.1, 0.15) is 55.0 Å². The van der Waals surface area contributed by atoms with E-state index in [-0.39, 0.29) is 24.7 Å². The van der Waals surface area contributed by atoms with E-state index in [0.29, 0.717) is 0 Å². The maximum atomic E-state index is 13.1. The van der Waals surface area contributed by atoms with Crippen LogP contribution >= 0.6 is 0 Å². The van der Waals surface area contributed by atoms with Crippen molar-refractivity contribution < 1.29 is 24.2 Å². The highest BCUT2D eigenvalue weighted by molar-refractivity contribution is 5.75. The minimum absolute atomic E-state index is 0.156. The van der Waals surface area contributed by atoms with Crippen LogP contribution in [0.15, 0.2) is 36.4 Å². The number of halogens is 1. The number of carbonyl (C=O) groups is 2. The molecule has 2 aromatic rings. The van der Waals surface area contributed by atoms with E-state index < -0.39 is 11.9 Å². The van der Waals surface area contributed by atoms with Crippen LogP contribution in [-0.2, 0) is 28.9 Å². The topological polar surface area (TPSA) is 98.7 Å². The number of fused-ring (bicyclic) bond motifs is 1. The normalized spacial score (nSPS) is 13.8. The molecular formula is C24H31FN2O4. The van der Waals surface area contributed by atoms with E-state index >= 15 is 0 Å². The van der Waals surface area contributed by atoms with E-state index in [4.69, 9.17) is 10.2 Å². The lowest BCUT2D eigenvalue weighted by molar-refractivity contribution is -0.143. The van der Waals surface area contributed by atoms with Gasteiger partial charge in [0.25, 0.3) is 0 Å². The predicted molar refractivity (Wildman–Crippen MR) is 119 cm³/mol. The zero-order valence-electron chi connectivity index (χ0n) is 18.1. The van der Waals surface area contributed by atoms with Crippen molar-refractivity contribution in [2.45, 2.75) is 52.0 Å². The summed E-state index contributed by atoms with van der Waals surface area (Å²) in [5, 5.41) is 23.0. The van der Waals surface area contributed by atoms with Crippen LogP contribution in [0, 0.1) is 5.82 Å². The smallest absolute Gasteiger partial charge is 0.303 e. The molecule has 6 nitrogen and oxygen atoms in total. The predicted octanol–water partition coefficient (Wildman–Crippen LogP) is 4.19. The number of aliphatic carboxylic acids is 2. The second kappa shape index (κ2) is 12.1. The Morgan fingerprint density at radius 1 is 1.03 bits per heavy atom. The Hall–Kier alpha value is -2.93. The maximum absolute atomic E-state index is 13.1. The number of rotatable bonds is 7. The fraction of sp³-hybridized carbons (Fsp3) is 0.417. The third kappa shape index (κ3) is 7.68. The molecule has 31 heavy (non-hydrogen) atoms. The second-order valence-corrected chi connectivity index (χ2v) is 7.55. The Morgan fingerprint density at radius 3 is 2.23 bits per heavy atom. The molecule has 0 amide bonds. The number of carboxylic acids is 2. The molecule has 0 bridgehead atoms. The molecule has 7 heteroatoms. The fourth-order valence-corrected chi connectivity index (χ4v) is 3.56. The highest BCUT2D eigenvalue weighted by atomic mass is 19.1. The summed E-state index contributed by atoms with van der Waals surface area (Å²) in [5.74, 6) is -2.34. The van der Waals surface area contributed by atoms with Gasteiger partial charge in [-0.15, -0.1) is 0 Å². The first-order chi connectivity index (χ1) is 14.8. The zero-order valence-corrected chi connectivity index (χ0v) is 18.1. The average Bonchev–Trinajstić information content (AvgIpc) is 2.99. The van der Waals surface area contributed by atoms with Gasteiger partial charge in [0, 0.05) is 11.7 Å². The Bertz CT molecular complexity index is 870. The lowest BCUT2D eigenvalue weighted by atomic mass is 9.95. The van der Waals surface area contributed by atoms with E-state index in [1.165, 1.54) is 34.5 Å². The molecule has 1 atom stereocenters. The number of carboxylic acid groups (broad SMARTS) is 2. The molecular weight excluding hydrogens is 399 g/mol. The number of anilines is 1. The summed E-state index contributed by atoms with van der Waals surface area (Å²) >= 11 is 0. The van der Waals surface area contributed by atoms with Crippen LogP contribution < -0.4 is 10.6 Å². The highest BCUT2D eigenvalue weighted by Crippen LogP contribution is 2.31. The Kier molecular flexibility index (Phi) is 9.46. The minimum Gasteiger partial charge on any atom is -0.481 e. The summed E-state index contributed by atoms with van der Waals surface area (Å²) in [6.07, 6.45) is 2.56. The van der Waals surface area contributed by atoms with E-state index in [0.717, 1.165) is 37.9 Å². The molecule has 1 heterocycles. The molecule has 3 rings (SSSR count). The van der Waals surface area contributed by atoms with Gasteiger partial charge in [0.15, 0.2) is 0 Å². The van der Waals surface area contributed by atoms with Crippen LogP contribution in [0.25, 0.3) is 0 Å². The van der Waals surface area contributed by atoms with Gasteiger partial charge in [-0.05, 0) is 73.7 Å². The third-order valence-electron chi connectivity index (χ3n) is 5.28. The van der Waals surface area contributed by atoms with Crippen LogP contribution in [0.2, 0.25) is 0 Å². The Balaban J connectivity index is 0.000000366. The molecule has 0 aromatic heterocycles. The van der Waals surface area contributed by atoms with Gasteiger partial charge >= 0.3 is 11.9 Å². The highest BCUT2D eigenvalue weighted by Gasteiger charge is 2.17. The molecule has 1 aliphatic rings. The lowest BCUT2D eigenvalue weighted by Gasteiger charge is -2.23. The van der Waals surface area contributed by atoms with Gasteiger partial charge in [-0.25, -0.2) is 4.39 Å². The molecule has 4 N–H and O–H groups in total. The van der Waals surface area contributed by atoms with Gasteiger partial charge in [-0.2, -0.15) is 0 Å². The largest absolute Gasteiger partial charge is 0.481 e. The van der Waals surface area contributed by atoms with Crippen LogP contribution in [0.5, 0.6) is 0 Å². The average molecular weight is 431 g/mol. The lowest BCUT2D eigenvalue weighted by Crippen LogP contribution is -2.16. The number of benzene rings is 2. The number of hydrogen-bond acceptors (Lipinski definition) is 4. The summed E-state index contributed by atoms with van der Waals surface area (Å²) in [5.41, 5.74) is 6.65. The maximum Gasteiger partial charge on any atom is 0.303 e. The van der Waals surface area contributed by atoms with Gasteiger partial charge < -0.3 is 20.8 Å². The van der Waals surface area contributed by atoms with Gasteiger partial charge in [-0.3, -0.25) is 9.59 Å². The monoisotopic (exact) mass is 430 g/mol. The van der Waals surface area contributed by atoms with Crippen molar-refractivity contribution in [1.82, 2.24) is 5.32 Å². The van der Waals surface area contributed by atoms with Crippen molar-refractivity contribution in [2.75, 3.05) is 18.4 Å². The molecule has 1 unspecified atom stereocenters. The summed E-state index contributed by atoms with van der Waals surface area (Å²) < 4.78 is 13.1. The third-order valence-corrected chi connectivity index (χ3v) is 5.28. The van der Waals surface area contributed by atoms with E-state index in [1.54, 1.807) is 0 Å². The molecule has 0 aliphatic carbocycles. The first-order valence-corrected chi connectivity index (χ1v) is 10.6. The molecule has 0 saturated carbocycles. The standard InChI is InChI=1S/C20H25FN2.C4H6O4/c1-3-15-4-5-17-10-12-22-13-11-19(17)20(15)23-14(2)16-6-8-18(21)9-7-16;5-3(6)1-2-4(7)8/h4-9,14,22-23H,3,10-13H2,1-2H3;1-2H2,(H,5,6)(H,7,8). The molecule has 1 aliphatic heterocycles. The SMILES string of the molecule is CCc1ccc2c(c1NC(C)c1ccc(F)cc1)CCNCC2.O=C(O)CCC(=O)O. The first-order valence-electron chi connectivity index (χ1n) is 10.6.